The number of carboxylic acid groups (broad SMARTS) is 1. The van der Waals surface area contributed by atoms with Gasteiger partial charge in [-0.25, -0.2) is 0 Å². The molecule has 0 aromatic rings. The average molecular weight is 260 g/mol. The van der Waals surface area contributed by atoms with Crippen molar-refractivity contribution >= 4 is 23.8 Å². The van der Waals surface area contributed by atoms with Gasteiger partial charge in [-0.3, -0.25) is 9.36 Å². The minimum atomic E-state index is -4.83. The van der Waals surface area contributed by atoms with Crippen LogP contribution in [-0.4, -0.2) is 34.0 Å². The maximum absolute atomic E-state index is 11.4. The standard InChI is InChI=1S/C5H13N2O6PS/c1-15(13,7-14(10,11)12)3-2-4(6)5(8)9/h4H,2-3,6H2,1H3,(H3-,7,8,9,10,11,12,13). The summed E-state index contributed by atoms with van der Waals surface area (Å²) in [4.78, 5) is 29.1. The van der Waals surface area contributed by atoms with Crippen molar-refractivity contribution in [3.63, 3.8) is 0 Å². The van der Waals surface area contributed by atoms with Gasteiger partial charge in [-0.2, -0.15) is 0 Å². The smallest absolute Gasteiger partial charge is 0.320 e. The second kappa shape index (κ2) is 5.15. The van der Waals surface area contributed by atoms with Gasteiger partial charge in [0.05, 0.1) is 0 Å². The van der Waals surface area contributed by atoms with E-state index < -0.39 is 29.9 Å². The molecule has 8 nitrogen and oxygen atoms in total. The highest BCUT2D eigenvalue weighted by molar-refractivity contribution is 8.04. The second-order valence-corrected chi connectivity index (χ2v) is 7.24. The van der Waals surface area contributed by atoms with Gasteiger partial charge >= 0.3 is 5.97 Å². The third-order valence-corrected chi connectivity index (χ3v) is 4.93. The van der Waals surface area contributed by atoms with E-state index in [1.807, 2.05) is 0 Å². The molecule has 0 aliphatic heterocycles. The molecular weight excluding hydrogens is 247 g/mol. The molecule has 0 aromatic heterocycles. The monoisotopic (exact) mass is 260 g/mol. The van der Waals surface area contributed by atoms with E-state index in [-0.39, 0.29) is 12.2 Å². The average Bonchev–Trinajstić information content (AvgIpc) is 1.95. The third-order valence-electron chi connectivity index (χ3n) is 1.44. The Hall–Kier alpha value is -0.310. The first-order chi connectivity index (χ1) is 6.53. The summed E-state index contributed by atoms with van der Waals surface area (Å²) in [5.74, 6) is -1.52. The number of nitrogens with two attached hydrogens (primary N) is 1. The van der Waals surface area contributed by atoms with Crippen LogP contribution in [0.1, 0.15) is 6.42 Å². The maximum Gasteiger partial charge on any atom is 0.320 e. The van der Waals surface area contributed by atoms with Gasteiger partial charge < -0.3 is 20.6 Å². The summed E-state index contributed by atoms with van der Waals surface area (Å²) in [7, 11) is -7.87. The van der Waals surface area contributed by atoms with Crippen molar-refractivity contribution in [3.05, 3.63) is 0 Å². The summed E-state index contributed by atoms with van der Waals surface area (Å²) in [6.45, 7) is 0. The molecule has 0 radical (unpaired) electrons. The molecule has 15 heavy (non-hydrogen) atoms. The van der Waals surface area contributed by atoms with Crippen LogP contribution in [-0.2, 0) is 23.7 Å². The summed E-state index contributed by atoms with van der Waals surface area (Å²) in [5.41, 5.74) is 5.12. The molecule has 0 rings (SSSR count). The molecule has 3 atom stereocenters. The molecule has 0 heterocycles. The van der Waals surface area contributed by atoms with Crippen LogP contribution in [0.4, 0.5) is 0 Å². The first kappa shape index (κ1) is 14.7. The van der Waals surface area contributed by atoms with Crippen LogP contribution in [0.2, 0.25) is 0 Å². The number of nitrogens with one attached hydrogen (secondary N) is 1. The number of hydrogen-bond acceptors (Lipinski definition) is 5. The van der Waals surface area contributed by atoms with Crippen molar-refractivity contribution in [1.82, 2.24) is 4.49 Å². The Balaban J connectivity index is 4.23. The fraction of sp³-hybridized carbons (Fsp3) is 0.800. The van der Waals surface area contributed by atoms with E-state index >= 15 is 0 Å². The summed E-state index contributed by atoms with van der Waals surface area (Å²) in [5, 5.41) is 8.41. The van der Waals surface area contributed by atoms with E-state index in [1.165, 1.54) is 4.49 Å². The highest BCUT2D eigenvalue weighted by atomic mass is 32.3. The maximum atomic E-state index is 11.4. The summed E-state index contributed by atoms with van der Waals surface area (Å²) < 4.78 is 23.3. The fourth-order valence-corrected chi connectivity index (χ4v) is 3.79. The zero-order valence-corrected chi connectivity index (χ0v) is 9.66. The van der Waals surface area contributed by atoms with Crippen LogP contribution in [0.15, 0.2) is 0 Å². The van der Waals surface area contributed by atoms with Crippen molar-refractivity contribution in [2.75, 3.05) is 12.0 Å². The van der Waals surface area contributed by atoms with Gasteiger partial charge in [0.1, 0.15) is 18.1 Å². The molecule has 0 spiro atoms. The Morgan fingerprint density at radius 1 is 1.73 bits per heavy atom. The lowest BCUT2D eigenvalue weighted by Gasteiger charge is -2.17. The molecule has 0 amide bonds. The molecule has 0 fully saturated rings. The molecule has 3 unspecified atom stereocenters. The Labute approximate surface area is 87.6 Å². The summed E-state index contributed by atoms with van der Waals surface area (Å²) in [6.07, 6.45) is 0.903. The summed E-state index contributed by atoms with van der Waals surface area (Å²) >= 11 is 0. The van der Waals surface area contributed by atoms with Crippen molar-refractivity contribution in [3.8, 4) is 0 Å². The number of aliphatic carboxylic acids is 1. The Morgan fingerprint density at radius 3 is 2.53 bits per heavy atom. The van der Waals surface area contributed by atoms with Crippen molar-refractivity contribution in [1.29, 1.82) is 0 Å². The van der Waals surface area contributed by atoms with Crippen LogP contribution in [0.5, 0.6) is 0 Å². The number of hydrogen-bond donors (Lipinski definition) is 4. The van der Waals surface area contributed by atoms with E-state index in [0.29, 0.717) is 0 Å². The quantitative estimate of drug-likeness (QED) is 0.314. The second-order valence-electron chi connectivity index (χ2n) is 3.05. The van der Waals surface area contributed by atoms with Crippen LogP contribution in [0.25, 0.3) is 0 Å². The SMILES string of the molecule is C[S+](=O)(CCC(N)C(=O)O)NP(=O)([O-])O. The first-order valence-electron chi connectivity index (χ1n) is 3.81. The largest absolute Gasteiger partial charge is 0.764 e. The zero-order chi connectivity index (χ0) is 12.3. The van der Waals surface area contributed by atoms with E-state index in [9.17, 15) is 18.5 Å². The van der Waals surface area contributed by atoms with Crippen molar-refractivity contribution in [2.45, 2.75) is 12.5 Å². The minimum absolute atomic E-state index is 0.155. The van der Waals surface area contributed by atoms with Crippen LogP contribution < -0.4 is 15.1 Å². The Kier molecular flexibility index (Phi) is 5.04. The van der Waals surface area contributed by atoms with Crippen molar-refractivity contribution in [2.24, 2.45) is 5.73 Å². The van der Waals surface area contributed by atoms with Gasteiger partial charge in [-0.05, 0) is 0 Å². The highest BCUT2D eigenvalue weighted by Gasteiger charge is 2.27. The van der Waals surface area contributed by atoms with Gasteiger partial charge in [-0.1, -0.05) is 8.70 Å². The van der Waals surface area contributed by atoms with Crippen molar-refractivity contribution < 1.29 is 28.5 Å². The zero-order valence-electron chi connectivity index (χ0n) is 7.95. The van der Waals surface area contributed by atoms with E-state index in [2.05, 4.69) is 0 Å². The van der Waals surface area contributed by atoms with Crippen LogP contribution >= 0.6 is 7.75 Å². The molecular formula is C5H13N2O6PS. The molecule has 10 heteroatoms. The lowest BCUT2D eigenvalue weighted by atomic mass is 10.2. The lowest BCUT2D eigenvalue weighted by molar-refractivity contribution is -0.195. The minimum Gasteiger partial charge on any atom is -0.764 e. The van der Waals surface area contributed by atoms with E-state index in [1.54, 1.807) is 0 Å². The molecule has 0 saturated carbocycles. The predicted octanol–water partition coefficient (Wildman–Crippen LogP) is -2.12. The normalized spacial score (nSPS) is 21.3. The Morgan fingerprint density at radius 2 is 2.20 bits per heavy atom. The fourth-order valence-electron chi connectivity index (χ4n) is 0.765. The number of carboxylic acids is 1. The molecule has 0 bridgehead atoms. The number of rotatable bonds is 6. The Bertz CT molecular complexity index is 327. The van der Waals surface area contributed by atoms with Gasteiger partial charge in [0, 0.05) is 6.42 Å². The molecule has 0 aliphatic rings. The van der Waals surface area contributed by atoms with E-state index in [0.717, 1.165) is 6.26 Å². The van der Waals surface area contributed by atoms with Crippen LogP contribution in [0.3, 0.4) is 0 Å². The van der Waals surface area contributed by atoms with E-state index in [4.69, 9.17) is 15.7 Å². The predicted molar refractivity (Wildman–Crippen MR) is 52.0 cm³/mol. The van der Waals surface area contributed by atoms with Gasteiger partial charge in [0.25, 0.3) is 0 Å². The molecule has 0 aliphatic carbocycles. The van der Waals surface area contributed by atoms with Gasteiger partial charge in [0.15, 0.2) is 10.1 Å². The third kappa shape index (κ3) is 7.60. The topological polar surface area (TPSA) is 153 Å². The molecule has 5 N–H and O–H groups in total. The molecule has 0 saturated heterocycles. The first-order valence-corrected chi connectivity index (χ1v) is 7.53. The molecule has 90 valence electrons. The molecule has 0 aromatic carbocycles. The van der Waals surface area contributed by atoms with Gasteiger partial charge in [0.2, 0.25) is 7.75 Å². The number of carbonyl (C=O) groups is 1. The summed E-state index contributed by atoms with van der Waals surface area (Å²) in [6, 6.07) is -1.21. The van der Waals surface area contributed by atoms with Gasteiger partial charge in [-0.15, -0.1) is 0 Å². The van der Waals surface area contributed by atoms with Crippen LogP contribution in [0, 0.1) is 0 Å². The highest BCUT2D eigenvalue weighted by Crippen LogP contribution is 2.25. The lowest BCUT2D eigenvalue weighted by Crippen LogP contribution is -2.38.